The van der Waals surface area contributed by atoms with Crippen LogP contribution in [0.5, 0.6) is 0 Å². The maximum atomic E-state index is 13.9. The zero-order valence-corrected chi connectivity index (χ0v) is 9.92. The Morgan fingerprint density at radius 2 is 1.79 bits per heavy atom. The van der Waals surface area contributed by atoms with E-state index in [4.69, 9.17) is 0 Å². The molecule has 0 aliphatic rings. The Labute approximate surface area is 109 Å². The molecule has 0 atom stereocenters. The van der Waals surface area contributed by atoms with E-state index in [2.05, 4.69) is 21.3 Å². The summed E-state index contributed by atoms with van der Waals surface area (Å²) in [5, 5.41) is 0. The molecule has 1 aromatic carbocycles. The van der Waals surface area contributed by atoms with Gasteiger partial charge in [0.05, 0.1) is 11.4 Å². The summed E-state index contributed by atoms with van der Waals surface area (Å²) < 4.78 is 13.9. The van der Waals surface area contributed by atoms with Gasteiger partial charge in [0.25, 0.3) is 0 Å². The van der Waals surface area contributed by atoms with Crippen LogP contribution in [0.4, 0.5) is 4.39 Å². The van der Waals surface area contributed by atoms with E-state index >= 15 is 0 Å². The number of rotatable bonds is 2. The quantitative estimate of drug-likeness (QED) is 0.701. The largest absolute Gasteiger partial charge is 0.256 e. The molecule has 0 N–H and O–H groups in total. The minimum Gasteiger partial charge on any atom is -0.256 e. The van der Waals surface area contributed by atoms with Crippen molar-refractivity contribution in [1.82, 2.24) is 15.0 Å². The molecule has 0 spiro atoms. The van der Waals surface area contributed by atoms with Gasteiger partial charge in [0.2, 0.25) is 0 Å². The molecule has 3 aromatic rings. The molecule has 0 saturated carbocycles. The highest BCUT2D eigenvalue weighted by Crippen LogP contribution is 2.29. The zero-order chi connectivity index (χ0) is 13.1. The van der Waals surface area contributed by atoms with Crippen LogP contribution in [0, 0.1) is 12.1 Å². The lowest BCUT2D eigenvalue weighted by Gasteiger charge is -2.07. The van der Waals surface area contributed by atoms with Crippen molar-refractivity contribution in [3.8, 4) is 22.5 Å². The van der Waals surface area contributed by atoms with E-state index in [9.17, 15) is 4.39 Å². The van der Waals surface area contributed by atoms with Gasteiger partial charge < -0.3 is 0 Å². The van der Waals surface area contributed by atoms with Crippen LogP contribution in [0.25, 0.3) is 22.5 Å². The number of benzene rings is 1. The van der Waals surface area contributed by atoms with Gasteiger partial charge in [0, 0.05) is 23.5 Å². The normalized spacial score (nSPS) is 10.4. The topological polar surface area (TPSA) is 38.7 Å². The van der Waals surface area contributed by atoms with E-state index < -0.39 is 0 Å². The molecule has 0 saturated heterocycles. The average molecular weight is 250 g/mol. The molecular formula is C15H9FN3. The van der Waals surface area contributed by atoms with Crippen LogP contribution in [-0.4, -0.2) is 15.0 Å². The van der Waals surface area contributed by atoms with Crippen molar-refractivity contribution in [3.63, 3.8) is 0 Å². The Hall–Kier alpha value is -2.62. The van der Waals surface area contributed by atoms with Crippen molar-refractivity contribution >= 4 is 0 Å². The van der Waals surface area contributed by atoms with E-state index in [0.29, 0.717) is 22.5 Å². The van der Waals surface area contributed by atoms with E-state index in [0.717, 1.165) is 0 Å². The van der Waals surface area contributed by atoms with Gasteiger partial charge in [-0.15, -0.1) is 0 Å². The van der Waals surface area contributed by atoms with E-state index in [-0.39, 0.29) is 5.82 Å². The number of pyridine rings is 1. The Balaban J connectivity index is 2.21. The maximum Gasteiger partial charge on any atom is 0.198 e. The van der Waals surface area contributed by atoms with Gasteiger partial charge in [0.1, 0.15) is 5.82 Å². The third kappa shape index (κ3) is 2.20. The summed E-state index contributed by atoms with van der Waals surface area (Å²) in [6.07, 6.45) is 5.77. The van der Waals surface area contributed by atoms with Crippen molar-refractivity contribution in [2.75, 3.05) is 0 Å². The fourth-order valence-electron chi connectivity index (χ4n) is 1.86. The Kier molecular flexibility index (Phi) is 2.98. The fourth-order valence-corrected chi connectivity index (χ4v) is 1.86. The predicted octanol–water partition coefficient (Wildman–Crippen LogP) is 3.14. The SMILES string of the molecule is Fc1ccccc1-c1n[c]ncc1-c1ccccn1. The Morgan fingerprint density at radius 3 is 2.58 bits per heavy atom. The summed E-state index contributed by atoms with van der Waals surface area (Å²) in [6.45, 7) is 0. The summed E-state index contributed by atoms with van der Waals surface area (Å²) >= 11 is 0. The molecule has 0 amide bonds. The van der Waals surface area contributed by atoms with Crippen molar-refractivity contribution < 1.29 is 4.39 Å². The smallest absolute Gasteiger partial charge is 0.198 e. The Bertz CT molecular complexity index is 699. The first-order valence-electron chi connectivity index (χ1n) is 5.75. The molecule has 1 radical (unpaired) electrons. The second-order valence-corrected chi connectivity index (χ2v) is 3.93. The van der Waals surface area contributed by atoms with Gasteiger partial charge in [-0.1, -0.05) is 18.2 Å². The molecule has 0 unspecified atom stereocenters. The van der Waals surface area contributed by atoms with Crippen LogP contribution >= 0.6 is 0 Å². The van der Waals surface area contributed by atoms with Crippen LogP contribution in [0.3, 0.4) is 0 Å². The van der Waals surface area contributed by atoms with Gasteiger partial charge in [0.15, 0.2) is 6.33 Å². The molecule has 91 valence electrons. The van der Waals surface area contributed by atoms with Gasteiger partial charge in [-0.25, -0.2) is 14.4 Å². The second kappa shape index (κ2) is 4.94. The summed E-state index contributed by atoms with van der Waals surface area (Å²) in [5.41, 5.74) is 2.30. The van der Waals surface area contributed by atoms with Crippen molar-refractivity contribution in [1.29, 1.82) is 0 Å². The van der Waals surface area contributed by atoms with Gasteiger partial charge in [-0.3, -0.25) is 4.98 Å². The number of hydrogen-bond donors (Lipinski definition) is 0. The number of hydrogen-bond acceptors (Lipinski definition) is 3. The third-order valence-electron chi connectivity index (χ3n) is 2.74. The number of nitrogens with zero attached hydrogens (tertiary/aromatic N) is 3. The Morgan fingerprint density at radius 1 is 0.947 bits per heavy atom. The molecule has 2 aromatic heterocycles. The highest BCUT2D eigenvalue weighted by atomic mass is 19.1. The van der Waals surface area contributed by atoms with Crippen molar-refractivity contribution in [3.05, 3.63) is 67.0 Å². The monoisotopic (exact) mass is 250 g/mol. The van der Waals surface area contributed by atoms with E-state index in [1.807, 2.05) is 18.2 Å². The first-order chi connectivity index (χ1) is 9.36. The molecule has 0 bridgehead atoms. The molecule has 3 nitrogen and oxygen atoms in total. The summed E-state index contributed by atoms with van der Waals surface area (Å²) in [7, 11) is 0. The predicted molar refractivity (Wildman–Crippen MR) is 69.5 cm³/mol. The molecule has 0 fully saturated rings. The van der Waals surface area contributed by atoms with Gasteiger partial charge >= 0.3 is 0 Å². The van der Waals surface area contributed by atoms with Gasteiger partial charge in [-0.2, -0.15) is 0 Å². The maximum absolute atomic E-state index is 13.9. The third-order valence-corrected chi connectivity index (χ3v) is 2.74. The lowest BCUT2D eigenvalue weighted by molar-refractivity contribution is 0.630. The number of halogens is 1. The van der Waals surface area contributed by atoms with Crippen LogP contribution in [0.2, 0.25) is 0 Å². The molecule has 0 aliphatic heterocycles. The molecular weight excluding hydrogens is 241 g/mol. The lowest BCUT2D eigenvalue weighted by Crippen LogP contribution is -1.94. The molecule has 0 aliphatic carbocycles. The van der Waals surface area contributed by atoms with Crippen LogP contribution in [0.15, 0.2) is 54.9 Å². The fraction of sp³-hybridized carbons (Fsp3) is 0. The lowest BCUT2D eigenvalue weighted by atomic mass is 10.0. The summed E-state index contributed by atoms with van der Waals surface area (Å²) in [5.74, 6) is -0.327. The zero-order valence-electron chi connectivity index (χ0n) is 9.92. The molecule has 4 heteroatoms. The number of aromatic nitrogens is 3. The minimum absolute atomic E-state index is 0.327. The van der Waals surface area contributed by atoms with Crippen molar-refractivity contribution in [2.45, 2.75) is 0 Å². The van der Waals surface area contributed by atoms with Crippen LogP contribution in [-0.2, 0) is 0 Å². The molecule has 3 rings (SSSR count). The second-order valence-electron chi connectivity index (χ2n) is 3.93. The minimum atomic E-state index is -0.327. The van der Waals surface area contributed by atoms with Crippen LogP contribution in [0.1, 0.15) is 0 Å². The van der Waals surface area contributed by atoms with E-state index in [1.165, 1.54) is 6.07 Å². The summed E-state index contributed by atoms with van der Waals surface area (Å²) in [4.78, 5) is 12.2. The first kappa shape index (κ1) is 11.5. The average Bonchev–Trinajstić information content (AvgIpc) is 2.49. The van der Waals surface area contributed by atoms with Crippen molar-refractivity contribution in [2.24, 2.45) is 0 Å². The summed E-state index contributed by atoms with van der Waals surface area (Å²) in [6, 6.07) is 12.0. The molecule has 2 heterocycles. The molecule has 19 heavy (non-hydrogen) atoms. The first-order valence-corrected chi connectivity index (χ1v) is 5.75. The van der Waals surface area contributed by atoms with Gasteiger partial charge in [-0.05, 0) is 24.3 Å². The van der Waals surface area contributed by atoms with E-state index in [1.54, 1.807) is 30.6 Å². The highest BCUT2D eigenvalue weighted by Gasteiger charge is 2.13. The van der Waals surface area contributed by atoms with Crippen LogP contribution < -0.4 is 0 Å². The standard InChI is InChI=1S/C15H9FN3/c16-13-6-2-1-5-11(13)15-12(9-17-10-19-15)14-7-3-4-8-18-14/h1-9H. The highest BCUT2D eigenvalue weighted by molar-refractivity contribution is 5.78.